The summed E-state index contributed by atoms with van der Waals surface area (Å²) in [6.45, 7) is 0. The molecule has 2 N–H and O–H groups in total. The van der Waals surface area contributed by atoms with Gasteiger partial charge in [-0.05, 0) is 24.6 Å². The molecule has 1 unspecified atom stereocenters. The summed E-state index contributed by atoms with van der Waals surface area (Å²) in [5.41, 5.74) is -1.14. The Kier molecular flexibility index (Phi) is 4.64. The molecule has 1 atom stereocenters. The summed E-state index contributed by atoms with van der Waals surface area (Å²) in [6.07, 6.45) is -4.37. The van der Waals surface area contributed by atoms with E-state index in [-0.39, 0.29) is 23.6 Å². The van der Waals surface area contributed by atoms with E-state index < -0.39 is 39.4 Å². The number of benzene rings is 1. The summed E-state index contributed by atoms with van der Waals surface area (Å²) in [7, 11) is -3.22. The molecule has 1 aromatic carbocycles. The van der Waals surface area contributed by atoms with E-state index in [1.807, 2.05) is 5.32 Å². The maximum atomic E-state index is 12.6. The predicted molar refractivity (Wildman–Crippen MR) is 75.3 cm³/mol. The van der Waals surface area contributed by atoms with Crippen molar-refractivity contribution in [3.63, 3.8) is 0 Å². The molecule has 10 heteroatoms. The van der Waals surface area contributed by atoms with Crippen molar-refractivity contribution in [3.05, 3.63) is 29.8 Å². The number of carbonyl (C=O) groups is 2. The third-order valence-electron chi connectivity index (χ3n) is 3.22. The highest BCUT2D eigenvalue weighted by atomic mass is 32.2. The molecule has 126 valence electrons. The molecule has 0 radical (unpaired) electrons. The van der Waals surface area contributed by atoms with Crippen LogP contribution in [-0.2, 0) is 25.6 Å². The largest absolute Gasteiger partial charge is 0.416 e. The molecule has 0 aromatic heterocycles. The summed E-state index contributed by atoms with van der Waals surface area (Å²) in [4.78, 5) is 23.3. The number of hydrogen-bond donors (Lipinski definition) is 2. The van der Waals surface area contributed by atoms with Gasteiger partial charge < -0.3 is 10.6 Å². The lowest BCUT2D eigenvalue weighted by molar-refractivity contribution is -0.137. The second kappa shape index (κ2) is 6.19. The van der Waals surface area contributed by atoms with Crippen LogP contribution in [0, 0.1) is 0 Å². The molecule has 0 spiro atoms. The smallest absolute Gasteiger partial charge is 0.344 e. The molecule has 6 nitrogen and oxygen atoms in total. The first-order chi connectivity index (χ1) is 10.6. The van der Waals surface area contributed by atoms with Crippen LogP contribution >= 0.6 is 0 Å². The molecule has 23 heavy (non-hydrogen) atoms. The first-order valence-electron chi connectivity index (χ1n) is 6.56. The Balaban J connectivity index is 1.98. The van der Waals surface area contributed by atoms with Crippen molar-refractivity contribution >= 4 is 27.3 Å². The van der Waals surface area contributed by atoms with Gasteiger partial charge in [-0.1, -0.05) is 6.07 Å². The first kappa shape index (κ1) is 17.3. The molecule has 1 fully saturated rings. The first-order valence-corrected chi connectivity index (χ1v) is 8.38. The zero-order chi connectivity index (χ0) is 17.3. The number of nitrogens with one attached hydrogen (secondary N) is 2. The van der Waals surface area contributed by atoms with Gasteiger partial charge in [-0.25, -0.2) is 8.42 Å². The van der Waals surface area contributed by atoms with E-state index in [0.29, 0.717) is 6.07 Å². The second-order valence-corrected chi connectivity index (χ2v) is 7.33. The van der Waals surface area contributed by atoms with Crippen molar-refractivity contribution in [3.8, 4) is 0 Å². The van der Waals surface area contributed by atoms with Crippen LogP contribution in [0.25, 0.3) is 0 Å². The normalized spacial score (nSPS) is 20.0. The van der Waals surface area contributed by atoms with Gasteiger partial charge in [-0.2, -0.15) is 13.2 Å². The molecule has 1 aliphatic heterocycles. The SMILES string of the molecule is O=C(Nc1cccc(C(F)(F)F)c1)C(=O)NC1CCS(=O)(=O)C1. The van der Waals surface area contributed by atoms with Crippen LogP contribution in [0.2, 0.25) is 0 Å². The van der Waals surface area contributed by atoms with E-state index in [1.54, 1.807) is 0 Å². The van der Waals surface area contributed by atoms with Crippen LogP contribution in [0.4, 0.5) is 18.9 Å². The Morgan fingerprint density at radius 2 is 1.87 bits per heavy atom. The minimum atomic E-state index is -4.57. The minimum Gasteiger partial charge on any atom is -0.344 e. The van der Waals surface area contributed by atoms with Crippen molar-refractivity contribution in [1.29, 1.82) is 0 Å². The molecule has 1 aliphatic rings. The Labute approximate surface area is 130 Å². The van der Waals surface area contributed by atoms with Crippen LogP contribution in [0.1, 0.15) is 12.0 Å². The second-order valence-electron chi connectivity index (χ2n) is 5.11. The number of hydrogen-bond acceptors (Lipinski definition) is 4. The van der Waals surface area contributed by atoms with Crippen molar-refractivity contribution in [2.24, 2.45) is 0 Å². The molecule has 1 aromatic rings. The summed E-state index contributed by atoms with van der Waals surface area (Å²) in [5.74, 6) is -2.58. The average molecular weight is 350 g/mol. The summed E-state index contributed by atoms with van der Waals surface area (Å²) >= 11 is 0. The summed E-state index contributed by atoms with van der Waals surface area (Å²) < 4.78 is 60.2. The van der Waals surface area contributed by atoms with Gasteiger partial charge in [0.2, 0.25) is 0 Å². The van der Waals surface area contributed by atoms with Crippen LogP contribution < -0.4 is 10.6 Å². The lowest BCUT2D eigenvalue weighted by Gasteiger charge is -2.12. The third kappa shape index (κ3) is 4.68. The van der Waals surface area contributed by atoms with Gasteiger partial charge in [0.15, 0.2) is 9.84 Å². The highest BCUT2D eigenvalue weighted by Gasteiger charge is 2.32. The molecule has 1 saturated heterocycles. The van der Waals surface area contributed by atoms with E-state index in [4.69, 9.17) is 0 Å². The van der Waals surface area contributed by atoms with Crippen molar-refractivity contribution < 1.29 is 31.2 Å². The van der Waals surface area contributed by atoms with Crippen molar-refractivity contribution in [1.82, 2.24) is 5.32 Å². The third-order valence-corrected chi connectivity index (χ3v) is 4.99. The van der Waals surface area contributed by atoms with E-state index in [1.165, 1.54) is 6.07 Å². The van der Waals surface area contributed by atoms with Crippen LogP contribution in [0.3, 0.4) is 0 Å². The summed E-state index contributed by atoms with van der Waals surface area (Å²) in [6, 6.07) is 3.17. The fourth-order valence-corrected chi connectivity index (χ4v) is 3.79. The number of rotatable bonds is 2. The van der Waals surface area contributed by atoms with Gasteiger partial charge in [-0.15, -0.1) is 0 Å². The fraction of sp³-hybridized carbons (Fsp3) is 0.385. The van der Waals surface area contributed by atoms with Crippen LogP contribution in [0.15, 0.2) is 24.3 Å². The topological polar surface area (TPSA) is 92.3 Å². The number of carbonyl (C=O) groups excluding carboxylic acids is 2. The van der Waals surface area contributed by atoms with Crippen molar-refractivity contribution in [2.45, 2.75) is 18.6 Å². The average Bonchev–Trinajstić information content (AvgIpc) is 2.77. The van der Waals surface area contributed by atoms with Gasteiger partial charge in [0.25, 0.3) is 0 Å². The Hall–Kier alpha value is -2.10. The Bertz CT molecular complexity index is 731. The van der Waals surface area contributed by atoms with E-state index in [2.05, 4.69) is 5.32 Å². The van der Waals surface area contributed by atoms with E-state index >= 15 is 0 Å². The zero-order valence-corrected chi connectivity index (χ0v) is 12.5. The maximum Gasteiger partial charge on any atom is 0.416 e. The fourth-order valence-electron chi connectivity index (χ4n) is 2.12. The molecule has 1 heterocycles. The Morgan fingerprint density at radius 3 is 2.43 bits per heavy atom. The maximum absolute atomic E-state index is 12.6. The van der Waals surface area contributed by atoms with E-state index in [0.717, 1.165) is 12.1 Å². The van der Waals surface area contributed by atoms with Gasteiger partial charge in [0.1, 0.15) is 0 Å². The number of halogens is 3. The lowest BCUT2D eigenvalue weighted by Crippen LogP contribution is -2.42. The highest BCUT2D eigenvalue weighted by Crippen LogP contribution is 2.30. The summed E-state index contributed by atoms with van der Waals surface area (Å²) in [5, 5.41) is 4.30. The molecular weight excluding hydrogens is 337 g/mol. The van der Waals surface area contributed by atoms with Crippen LogP contribution in [-0.4, -0.2) is 37.8 Å². The van der Waals surface area contributed by atoms with Gasteiger partial charge in [0, 0.05) is 11.7 Å². The minimum absolute atomic E-state index is 0.0762. The number of amides is 2. The number of alkyl halides is 3. The quantitative estimate of drug-likeness (QED) is 0.777. The van der Waals surface area contributed by atoms with Crippen LogP contribution in [0.5, 0.6) is 0 Å². The predicted octanol–water partition coefficient (Wildman–Crippen LogP) is 0.947. The lowest BCUT2D eigenvalue weighted by atomic mass is 10.2. The van der Waals surface area contributed by atoms with Crippen molar-refractivity contribution in [2.75, 3.05) is 16.8 Å². The molecule has 2 amide bonds. The molecule has 0 bridgehead atoms. The standard InChI is InChI=1S/C13H13F3N2O4S/c14-13(15,16)8-2-1-3-9(6-8)17-11(19)12(20)18-10-4-5-23(21,22)7-10/h1-3,6,10H,4-5,7H2,(H,17,19)(H,18,20). The zero-order valence-electron chi connectivity index (χ0n) is 11.7. The number of sulfone groups is 1. The van der Waals surface area contributed by atoms with Gasteiger partial charge in [0.05, 0.1) is 17.1 Å². The number of anilines is 1. The van der Waals surface area contributed by atoms with Gasteiger partial charge >= 0.3 is 18.0 Å². The molecule has 0 aliphatic carbocycles. The monoisotopic (exact) mass is 350 g/mol. The van der Waals surface area contributed by atoms with Gasteiger partial charge in [-0.3, -0.25) is 9.59 Å². The molecule has 2 rings (SSSR count). The highest BCUT2D eigenvalue weighted by molar-refractivity contribution is 7.91. The molecular formula is C13H13F3N2O4S. The Morgan fingerprint density at radius 1 is 1.17 bits per heavy atom. The van der Waals surface area contributed by atoms with E-state index in [9.17, 15) is 31.2 Å². The molecule has 0 saturated carbocycles.